The van der Waals surface area contributed by atoms with Crippen molar-refractivity contribution < 1.29 is 4.74 Å². The fourth-order valence-corrected chi connectivity index (χ4v) is 5.69. The van der Waals surface area contributed by atoms with Crippen molar-refractivity contribution in [3.05, 3.63) is 58.0 Å². The Morgan fingerprint density at radius 2 is 2.08 bits per heavy atom. The van der Waals surface area contributed by atoms with Crippen LogP contribution in [-0.2, 0) is 4.74 Å². The van der Waals surface area contributed by atoms with Crippen LogP contribution in [0.2, 0.25) is 0 Å². The number of fused-ring (bicyclic) bond motifs is 3. The summed E-state index contributed by atoms with van der Waals surface area (Å²) < 4.78 is 6.64. The van der Waals surface area contributed by atoms with Crippen LogP contribution in [0, 0.1) is 5.92 Å². The average Bonchev–Trinajstić information content (AvgIpc) is 2.92. The molecule has 1 fully saturated rings. The second-order valence-corrected chi connectivity index (χ2v) is 7.78. The van der Waals surface area contributed by atoms with Gasteiger partial charge in [-0.3, -0.25) is 0 Å². The molecule has 0 amide bonds. The van der Waals surface area contributed by atoms with E-state index in [4.69, 9.17) is 4.74 Å². The van der Waals surface area contributed by atoms with E-state index in [1.165, 1.54) is 50.8 Å². The van der Waals surface area contributed by atoms with Crippen molar-refractivity contribution in [3.8, 4) is 0 Å². The minimum Gasteiger partial charge on any atom is -0.364 e. The molecule has 126 valence electrons. The SMILES string of the molecule is Br.C1=CC2=CCC3=C4C(=CN5CCCC6OC3CCC4=C65)C2CC1. The van der Waals surface area contributed by atoms with Gasteiger partial charge in [0.2, 0.25) is 0 Å². The number of ether oxygens (including phenoxy) is 1. The van der Waals surface area contributed by atoms with Crippen molar-refractivity contribution in [2.75, 3.05) is 6.54 Å². The highest BCUT2D eigenvalue weighted by atomic mass is 79.9. The highest BCUT2D eigenvalue weighted by Gasteiger charge is 2.45. The number of hydrogen-bond acceptors (Lipinski definition) is 2. The number of piperidine rings is 1. The molecule has 0 radical (unpaired) electrons. The van der Waals surface area contributed by atoms with Crippen LogP contribution in [0.5, 0.6) is 0 Å². The van der Waals surface area contributed by atoms with Crippen LogP contribution in [0.15, 0.2) is 58.0 Å². The van der Waals surface area contributed by atoms with Gasteiger partial charge in [-0.05, 0) is 72.8 Å². The van der Waals surface area contributed by atoms with E-state index in [-0.39, 0.29) is 17.0 Å². The maximum absolute atomic E-state index is 6.64. The molecule has 24 heavy (non-hydrogen) atoms. The topological polar surface area (TPSA) is 12.5 Å². The van der Waals surface area contributed by atoms with Gasteiger partial charge in [0.25, 0.3) is 0 Å². The van der Waals surface area contributed by atoms with Crippen molar-refractivity contribution >= 4 is 17.0 Å². The first-order valence-electron chi connectivity index (χ1n) is 9.37. The van der Waals surface area contributed by atoms with Gasteiger partial charge in [-0.15, -0.1) is 17.0 Å². The van der Waals surface area contributed by atoms with Crippen LogP contribution in [0.3, 0.4) is 0 Å². The molecule has 4 heterocycles. The van der Waals surface area contributed by atoms with Gasteiger partial charge in [0.05, 0.1) is 17.9 Å². The lowest BCUT2D eigenvalue weighted by molar-refractivity contribution is 0.00286. The normalized spacial score (nSPS) is 35.7. The van der Waals surface area contributed by atoms with Crippen molar-refractivity contribution in [3.63, 3.8) is 0 Å². The third-order valence-electron chi connectivity index (χ3n) is 6.64. The molecule has 0 aromatic carbocycles. The van der Waals surface area contributed by atoms with E-state index in [0.717, 1.165) is 6.42 Å². The molecule has 0 aromatic heterocycles. The zero-order valence-electron chi connectivity index (χ0n) is 14.0. The molecule has 7 aliphatic rings. The molecule has 4 aliphatic heterocycles. The monoisotopic (exact) mass is 385 g/mol. The van der Waals surface area contributed by atoms with Crippen molar-refractivity contribution in [1.82, 2.24) is 4.90 Å². The summed E-state index contributed by atoms with van der Waals surface area (Å²) in [6.07, 6.45) is 18.9. The maximum atomic E-state index is 6.64. The van der Waals surface area contributed by atoms with E-state index >= 15 is 0 Å². The Balaban J connectivity index is 0.00000131. The van der Waals surface area contributed by atoms with E-state index in [1.807, 2.05) is 0 Å². The first-order valence-corrected chi connectivity index (χ1v) is 9.37. The van der Waals surface area contributed by atoms with Crippen molar-refractivity contribution in [1.29, 1.82) is 0 Å². The van der Waals surface area contributed by atoms with Crippen molar-refractivity contribution in [2.24, 2.45) is 5.92 Å². The molecule has 4 bridgehead atoms. The smallest absolute Gasteiger partial charge is 0.0986 e. The lowest BCUT2D eigenvalue weighted by atomic mass is 9.73. The molecular formula is C21H24BrNO. The summed E-state index contributed by atoms with van der Waals surface area (Å²) in [4.78, 5) is 2.56. The molecule has 0 saturated carbocycles. The quantitative estimate of drug-likeness (QED) is 0.583. The number of rotatable bonds is 0. The third kappa shape index (κ3) is 1.91. The molecular weight excluding hydrogens is 362 g/mol. The van der Waals surface area contributed by atoms with E-state index in [0.29, 0.717) is 18.1 Å². The summed E-state index contributed by atoms with van der Waals surface area (Å²) >= 11 is 0. The second-order valence-electron chi connectivity index (χ2n) is 7.78. The maximum Gasteiger partial charge on any atom is 0.0986 e. The van der Waals surface area contributed by atoms with Gasteiger partial charge in [-0.25, -0.2) is 0 Å². The number of hydrogen-bond donors (Lipinski definition) is 0. The molecule has 3 heteroatoms. The van der Waals surface area contributed by atoms with Crippen LogP contribution in [0.25, 0.3) is 0 Å². The standard InChI is InChI=1S/C21H23NO.BrH/c1-2-5-14-13(4-1)7-8-15-18-10-9-16-20(15)17(14)12-22-11-3-6-19(23-18)21(16)22;/h1,4,7,12,14,18-19H,2-3,5-6,8-11H2;1H. The Morgan fingerprint density at radius 1 is 1.12 bits per heavy atom. The zero-order valence-corrected chi connectivity index (χ0v) is 15.7. The largest absolute Gasteiger partial charge is 0.364 e. The number of halogens is 1. The highest BCUT2D eigenvalue weighted by molar-refractivity contribution is 8.93. The van der Waals surface area contributed by atoms with E-state index in [1.54, 1.807) is 27.9 Å². The number of allylic oxidation sites excluding steroid dienone is 7. The van der Waals surface area contributed by atoms with Gasteiger partial charge >= 0.3 is 0 Å². The van der Waals surface area contributed by atoms with Gasteiger partial charge in [-0.2, -0.15) is 0 Å². The molecule has 7 rings (SSSR count). The van der Waals surface area contributed by atoms with Crippen LogP contribution in [0.1, 0.15) is 44.9 Å². The van der Waals surface area contributed by atoms with E-state index in [2.05, 4.69) is 29.3 Å². The van der Waals surface area contributed by atoms with Crippen LogP contribution >= 0.6 is 17.0 Å². The molecule has 2 nitrogen and oxygen atoms in total. The summed E-state index contributed by atoms with van der Waals surface area (Å²) in [5, 5.41) is 0. The van der Waals surface area contributed by atoms with E-state index in [9.17, 15) is 0 Å². The fourth-order valence-electron chi connectivity index (χ4n) is 5.69. The van der Waals surface area contributed by atoms with Gasteiger partial charge < -0.3 is 9.64 Å². The Bertz CT molecular complexity index is 754. The lowest BCUT2D eigenvalue weighted by Crippen LogP contribution is -2.37. The molecule has 0 spiro atoms. The average molecular weight is 386 g/mol. The first-order chi connectivity index (χ1) is 11.4. The zero-order chi connectivity index (χ0) is 15.0. The summed E-state index contributed by atoms with van der Waals surface area (Å²) in [6, 6.07) is 0. The molecule has 0 aromatic rings. The lowest BCUT2D eigenvalue weighted by Gasteiger charge is -2.40. The Labute approximate surface area is 154 Å². The predicted molar refractivity (Wildman–Crippen MR) is 101 cm³/mol. The molecule has 1 saturated heterocycles. The van der Waals surface area contributed by atoms with Crippen LogP contribution in [-0.4, -0.2) is 23.7 Å². The molecule has 0 N–H and O–H groups in total. The summed E-state index contributed by atoms with van der Waals surface area (Å²) in [6.45, 7) is 1.18. The van der Waals surface area contributed by atoms with Gasteiger partial charge in [0, 0.05) is 18.7 Å². The van der Waals surface area contributed by atoms with Crippen molar-refractivity contribution in [2.45, 2.75) is 57.2 Å². The third-order valence-corrected chi connectivity index (χ3v) is 6.64. The van der Waals surface area contributed by atoms with Gasteiger partial charge in [-0.1, -0.05) is 18.2 Å². The minimum absolute atomic E-state index is 0. The highest BCUT2D eigenvalue weighted by Crippen LogP contribution is 2.53. The first kappa shape index (κ1) is 15.2. The molecule has 3 aliphatic carbocycles. The minimum atomic E-state index is 0. The second kappa shape index (κ2) is 5.47. The van der Waals surface area contributed by atoms with Crippen LogP contribution < -0.4 is 0 Å². The predicted octanol–water partition coefficient (Wildman–Crippen LogP) is 4.97. The summed E-state index contributed by atoms with van der Waals surface area (Å²) in [5.74, 6) is 0.612. The van der Waals surface area contributed by atoms with E-state index < -0.39 is 0 Å². The molecule has 3 atom stereocenters. The Kier molecular flexibility index (Phi) is 3.47. The summed E-state index contributed by atoms with van der Waals surface area (Å²) in [7, 11) is 0. The Morgan fingerprint density at radius 3 is 3.04 bits per heavy atom. The number of nitrogens with zero attached hydrogens (tertiary/aromatic N) is 1. The Hall–Kier alpha value is -1.06. The summed E-state index contributed by atoms with van der Waals surface area (Å²) in [5.41, 5.74) is 9.57. The van der Waals surface area contributed by atoms with Gasteiger partial charge in [0.15, 0.2) is 0 Å². The molecule has 3 unspecified atom stereocenters. The fraction of sp³-hybridized carbons (Fsp3) is 0.524. The van der Waals surface area contributed by atoms with Gasteiger partial charge in [0.1, 0.15) is 0 Å². The van der Waals surface area contributed by atoms with Crippen LogP contribution in [0.4, 0.5) is 0 Å².